The van der Waals surface area contributed by atoms with Gasteiger partial charge in [-0.2, -0.15) is 0 Å². The van der Waals surface area contributed by atoms with Crippen LogP contribution in [0.25, 0.3) is 5.69 Å². The van der Waals surface area contributed by atoms with Crippen molar-refractivity contribution < 1.29 is 9.53 Å². The van der Waals surface area contributed by atoms with Crippen LogP contribution in [-0.2, 0) is 4.79 Å². The molecule has 0 spiro atoms. The number of ether oxygens (including phenoxy) is 1. The third-order valence-electron chi connectivity index (χ3n) is 3.81. The minimum Gasteiger partial charge on any atom is -0.483 e. The summed E-state index contributed by atoms with van der Waals surface area (Å²) in [6.45, 7) is 3.88. The maximum absolute atomic E-state index is 12.2. The zero-order valence-corrected chi connectivity index (χ0v) is 14.9. The van der Waals surface area contributed by atoms with Gasteiger partial charge < -0.3 is 15.0 Å². The molecule has 0 bridgehead atoms. The molecule has 3 rings (SSSR count). The number of para-hydroxylation sites is 1. The summed E-state index contributed by atoms with van der Waals surface area (Å²) in [5.74, 6) is 0.544. The summed E-state index contributed by atoms with van der Waals surface area (Å²) in [5.41, 5.74) is 3.59. The molecular weight excluding hydrogens is 334 g/mol. The van der Waals surface area contributed by atoms with Gasteiger partial charge in [-0.1, -0.05) is 24.3 Å². The first-order valence-electron chi connectivity index (χ1n) is 7.90. The summed E-state index contributed by atoms with van der Waals surface area (Å²) < 4.78 is 8.11. The number of aromatic amines is 1. The number of nitrogens with one attached hydrogen (secondary N) is 2. The highest BCUT2D eigenvalue weighted by Crippen LogP contribution is 2.22. The Bertz CT molecular complexity index is 939. The van der Waals surface area contributed by atoms with E-state index in [1.165, 1.54) is 0 Å². The molecule has 0 aliphatic heterocycles. The van der Waals surface area contributed by atoms with Crippen molar-refractivity contribution >= 4 is 23.8 Å². The van der Waals surface area contributed by atoms with Gasteiger partial charge in [-0.05, 0) is 55.4 Å². The minimum absolute atomic E-state index is 0.0422. The third-order valence-corrected chi connectivity index (χ3v) is 4.13. The Morgan fingerprint density at radius 3 is 2.60 bits per heavy atom. The summed E-state index contributed by atoms with van der Waals surface area (Å²) in [7, 11) is 0. The Morgan fingerprint density at radius 2 is 1.92 bits per heavy atom. The molecule has 128 valence electrons. The monoisotopic (exact) mass is 353 g/mol. The van der Waals surface area contributed by atoms with Crippen molar-refractivity contribution in [1.82, 2.24) is 9.55 Å². The summed E-state index contributed by atoms with van der Waals surface area (Å²) in [4.78, 5) is 15.2. The molecule has 2 N–H and O–H groups in total. The lowest BCUT2D eigenvalue weighted by atomic mass is 10.1. The Balaban J connectivity index is 1.67. The predicted molar refractivity (Wildman–Crippen MR) is 101 cm³/mol. The van der Waals surface area contributed by atoms with Crippen LogP contribution >= 0.6 is 12.2 Å². The van der Waals surface area contributed by atoms with E-state index < -0.39 is 0 Å². The third kappa shape index (κ3) is 3.97. The Morgan fingerprint density at radius 1 is 1.20 bits per heavy atom. The van der Waals surface area contributed by atoms with Crippen LogP contribution in [-0.4, -0.2) is 22.1 Å². The number of hydrogen-bond acceptors (Lipinski definition) is 3. The number of anilines is 1. The Hall–Kier alpha value is -2.86. The molecule has 5 nitrogen and oxygen atoms in total. The number of hydrogen-bond donors (Lipinski definition) is 2. The largest absolute Gasteiger partial charge is 0.483 e. The lowest BCUT2D eigenvalue weighted by molar-refractivity contribution is -0.118. The van der Waals surface area contributed by atoms with Crippen molar-refractivity contribution in [3.05, 3.63) is 70.8 Å². The Kier molecular flexibility index (Phi) is 5.00. The number of benzene rings is 2. The fourth-order valence-corrected chi connectivity index (χ4v) is 2.85. The zero-order chi connectivity index (χ0) is 17.8. The zero-order valence-electron chi connectivity index (χ0n) is 14.1. The molecular formula is C19H19N3O2S. The lowest BCUT2D eigenvalue weighted by Gasteiger charge is -2.12. The van der Waals surface area contributed by atoms with Gasteiger partial charge in [-0.15, -0.1) is 0 Å². The van der Waals surface area contributed by atoms with E-state index in [-0.39, 0.29) is 12.5 Å². The van der Waals surface area contributed by atoms with Gasteiger partial charge in [0.1, 0.15) is 5.75 Å². The van der Waals surface area contributed by atoms with Gasteiger partial charge in [0.25, 0.3) is 5.91 Å². The number of H-pyrrole nitrogens is 1. The van der Waals surface area contributed by atoms with Crippen molar-refractivity contribution in [2.45, 2.75) is 13.8 Å². The smallest absolute Gasteiger partial charge is 0.262 e. The van der Waals surface area contributed by atoms with E-state index in [1.54, 1.807) is 6.20 Å². The number of aromatic nitrogens is 2. The number of carbonyl (C=O) groups excluding carboxylic acids is 1. The molecule has 1 aromatic heterocycles. The van der Waals surface area contributed by atoms with Gasteiger partial charge in [-0.25, -0.2) is 0 Å². The number of carbonyl (C=O) groups is 1. The molecule has 3 aromatic rings. The molecule has 2 aromatic carbocycles. The predicted octanol–water partition coefficient (Wildman–Crippen LogP) is 4.17. The standard InChI is InChI=1S/C19H19N3O2S/c1-13-5-3-6-14(2)18(13)24-12-17(23)21-15-7-4-8-16(11-15)22-10-9-20-19(22)25/h3-11H,12H2,1-2H3,(H,20,25)(H,21,23). The van der Waals surface area contributed by atoms with E-state index in [4.69, 9.17) is 17.0 Å². The van der Waals surface area contributed by atoms with Gasteiger partial charge in [0.2, 0.25) is 0 Å². The number of imidazole rings is 1. The summed E-state index contributed by atoms with van der Waals surface area (Å²) in [6.07, 6.45) is 3.61. The molecule has 1 heterocycles. The van der Waals surface area contributed by atoms with Crippen LogP contribution in [0.3, 0.4) is 0 Å². The van der Waals surface area contributed by atoms with Gasteiger partial charge >= 0.3 is 0 Å². The molecule has 6 heteroatoms. The van der Waals surface area contributed by atoms with Gasteiger partial charge in [0.05, 0.1) is 0 Å². The van der Waals surface area contributed by atoms with Crippen LogP contribution < -0.4 is 10.1 Å². The molecule has 0 unspecified atom stereocenters. The number of aryl methyl sites for hydroxylation is 2. The SMILES string of the molecule is Cc1cccc(C)c1OCC(=O)Nc1cccc(-n2cc[nH]c2=S)c1. The fourth-order valence-electron chi connectivity index (χ4n) is 2.62. The van der Waals surface area contributed by atoms with Crippen LogP contribution in [0, 0.1) is 18.6 Å². The van der Waals surface area contributed by atoms with E-state index in [9.17, 15) is 4.79 Å². The van der Waals surface area contributed by atoms with E-state index in [0.717, 1.165) is 22.6 Å². The Labute approximate surface area is 151 Å². The van der Waals surface area contributed by atoms with Crippen LogP contribution in [0.1, 0.15) is 11.1 Å². The van der Waals surface area contributed by atoms with Crippen LogP contribution in [0.2, 0.25) is 0 Å². The molecule has 0 radical (unpaired) electrons. The molecule has 25 heavy (non-hydrogen) atoms. The van der Waals surface area contributed by atoms with Crippen molar-refractivity contribution in [2.24, 2.45) is 0 Å². The molecule has 0 aliphatic carbocycles. The van der Waals surface area contributed by atoms with Crippen molar-refractivity contribution in [1.29, 1.82) is 0 Å². The van der Waals surface area contributed by atoms with Crippen molar-refractivity contribution in [3.63, 3.8) is 0 Å². The average molecular weight is 353 g/mol. The maximum atomic E-state index is 12.2. The quantitative estimate of drug-likeness (QED) is 0.677. The highest BCUT2D eigenvalue weighted by Gasteiger charge is 2.08. The van der Waals surface area contributed by atoms with Crippen molar-refractivity contribution in [3.8, 4) is 11.4 Å². The highest BCUT2D eigenvalue weighted by molar-refractivity contribution is 7.71. The van der Waals surface area contributed by atoms with E-state index in [2.05, 4.69) is 10.3 Å². The summed E-state index contributed by atoms with van der Waals surface area (Å²) >= 11 is 5.22. The number of rotatable bonds is 5. The van der Waals surface area contributed by atoms with Gasteiger partial charge in [-0.3, -0.25) is 9.36 Å². The summed E-state index contributed by atoms with van der Waals surface area (Å²) in [5, 5.41) is 2.85. The molecule has 0 saturated heterocycles. The van der Waals surface area contributed by atoms with Crippen LogP contribution in [0.15, 0.2) is 54.9 Å². The first-order valence-corrected chi connectivity index (χ1v) is 8.31. The topological polar surface area (TPSA) is 59.0 Å². The first-order chi connectivity index (χ1) is 12.0. The normalized spacial score (nSPS) is 10.5. The second-order valence-electron chi connectivity index (χ2n) is 5.74. The fraction of sp³-hybridized carbons (Fsp3) is 0.158. The summed E-state index contributed by atoms with van der Waals surface area (Å²) in [6, 6.07) is 13.4. The van der Waals surface area contributed by atoms with Crippen molar-refractivity contribution in [2.75, 3.05) is 11.9 Å². The van der Waals surface area contributed by atoms with Crippen LogP contribution in [0.4, 0.5) is 5.69 Å². The molecule has 0 atom stereocenters. The second kappa shape index (κ2) is 7.36. The molecule has 0 fully saturated rings. The van der Waals surface area contributed by atoms with E-state index in [1.807, 2.05) is 67.1 Å². The maximum Gasteiger partial charge on any atom is 0.262 e. The van der Waals surface area contributed by atoms with Crippen LogP contribution in [0.5, 0.6) is 5.75 Å². The van der Waals surface area contributed by atoms with Gasteiger partial charge in [0, 0.05) is 23.8 Å². The molecule has 0 aliphatic rings. The van der Waals surface area contributed by atoms with Gasteiger partial charge in [0.15, 0.2) is 11.4 Å². The number of amides is 1. The molecule has 1 amide bonds. The highest BCUT2D eigenvalue weighted by atomic mass is 32.1. The first kappa shape index (κ1) is 17.0. The average Bonchev–Trinajstić information content (AvgIpc) is 3.01. The molecule has 0 saturated carbocycles. The minimum atomic E-state index is -0.211. The van der Waals surface area contributed by atoms with E-state index >= 15 is 0 Å². The second-order valence-corrected chi connectivity index (χ2v) is 6.13. The van der Waals surface area contributed by atoms with E-state index in [0.29, 0.717) is 10.5 Å². The lowest BCUT2D eigenvalue weighted by Crippen LogP contribution is -2.20. The number of nitrogens with zero attached hydrogens (tertiary/aromatic N) is 1.